The molecule has 0 aliphatic carbocycles. The number of halogens is 1. The zero-order chi connectivity index (χ0) is 8.36. The summed E-state index contributed by atoms with van der Waals surface area (Å²) in [6, 6.07) is -1.31. The predicted octanol–water partition coefficient (Wildman–Crippen LogP) is -1.14. The van der Waals surface area contributed by atoms with Gasteiger partial charge in [0.1, 0.15) is 15.9 Å². The van der Waals surface area contributed by atoms with Crippen molar-refractivity contribution in [1.29, 1.82) is 0 Å². The zero-order valence-electron chi connectivity index (χ0n) is 5.85. The van der Waals surface area contributed by atoms with E-state index in [0.717, 1.165) is 6.26 Å². The van der Waals surface area contributed by atoms with Gasteiger partial charge in [0.15, 0.2) is 0 Å². The zero-order valence-corrected chi connectivity index (χ0v) is 7.48. The summed E-state index contributed by atoms with van der Waals surface area (Å²) in [6.07, 6.45) is 0.940. The number of hydrogen-bond donors (Lipinski definition) is 2. The molecule has 0 aromatic carbocycles. The van der Waals surface area contributed by atoms with Crippen LogP contribution in [0.15, 0.2) is 0 Å². The molecule has 5 nitrogen and oxygen atoms in total. The molecule has 0 rings (SSSR count). The van der Waals surface area contributed by atoms with Gasteiger partial charge < -0.3 is 10.8 Å². The first-order valence-electron chi connectivity index (χ1n) is 2.49. The van der Waals surface area contributed by atoms with Crippen molar-refractivity contribution < 1.29 is 18.3 Å². The first kappa shape index (κ1) is 13.3. The van der Waals surface area contributed by atoms with Gasteiger partial charge in [0.2, 0.25) is 0 Å². The Morgan fingerprint density at radius 1 is 1.64 bits per heavy atom. The van der Waals surface area contributed by atoms with Crippen LogP contribution in [0, 0.1) is 0 Å². The van der Waals surface area contributed by atoms with Gasteiger partial charge >= 0.3 is 5.97 Å². The largest absolute Gasteiger partial charge is 0.480 e. The number of hydrogen-bond acceptors (Lipinski definition) is 4. The van der Waals surface area contributed by atoms with Gasteiger partial charge in [0.25, 0.3) is 0 Å². The fourth-order valence-corrected chi connectivity index (χ4v) is 1.19. The number of aliphatic carboxylic acids is 1. The summed E-state index contributed by atoms with van der Waals surface area (Å²) < 4.78 is 20.8. The van der Waals surface area contributed by atoms with Crippen LogP contribution < -0.4 is 5.73 Å². The molecule has 0 aliphatic rings. The Hall–Kier alpha value is -0.330. The lowest BCUT2D eigenvalue weighted by Crippen LogP contribution is -2.36. The summed E-state index contributed by atoms with van der Waals surface area (Å²) in [5.41, 5.74) is 4.92. The molecule has 0 unspecified atom stereocenters. The van der Waals surface area contributed by atoms with E-state index in [1.54, 1.807) is 0 Å². The van der Waals surface area contributed by atoms with Gasteiger partial charge in [-0.2, -0.15) is 0 Å². The van der Waals surface area contributed by atoms with E-state index < -0.39 is 27.6 Å². The molecule has 0 fully saturated rings. The van der Waals surface area contributed by atoms with Crippen LogP contribution in [-0.4, -0.2) is 37.5 Å². The highest BCUT2D eigenvalue weighted by molar-refractivity contribution is 7.90. The van der Waals surface area contributed by atoms with Crippen LogP contribution in [0.4, 0.5) is 0 Å². The third-order valence-corrected chi connectivity index (χ3v) is 1.76. The predicted molar refractivity (Wildman–Crippen MR) is 42.6 cm³/mol. The molecular weight excluding hydrogens is 194 g/mol. The summed E-state index contributed by atoms with van der Waals surface area (Å²) in [5.74, 6) is -1.81. The minimum absolute atomic E-state index is 0. The molecule has 0 saturated carbocycles. The van der Waals surface area contributed by atoms with Crippen LogP contribution in [0.25, 0.3) is 0 Å². The fraction of sp³-hybridized carbons (Fsp3) is 0.750. The van der Waals surface area contributed by atoms with Crippen LogP contribution in [0.3, 0.4) is 0 Å². The van der Waals surface area contributed by atoms with Gasteiger partial charge in [-0.1, -0.05) is 0 Å². The van der Waals surface area contributed by atoms with Crippen molar-refractivity contribution in [1.82, 2.24) is 0 Å². The Morgan fingerprint density at radius 3 is 2.09 bits per heavy atom. The summed E-state index contributed by atoms with van der Waals surface area (Å²) in [7, 11) is -3.27. The molecule has 0 saturated heterocycles. The van der Waals surface area contributed by atoms with E-state index in [1.807, 2.05) is 0 Å². The van der Waals surface area contributed by atoms with E-state index in [2.05, 4.69) is 0 Å². The lowest BCUT2D eigenvalue weighted by molar-refractivity contribution is -0.137. The normalized spacial score (nSPS) is 13.3. The maximum Gasteiger partial charge on any atom is 0.321 e. The van der Waals surface area contributed by atoms with Gasteiger partial charge in [-0.25, -0.2) is 8.42 Å². The maximum absolute atomic E-state index is 10.4. The van der Waals surface area contributed by atoms with Gasteiger partial charge in [0, 0.05) is 6.26 Å². The van der Waals surface area contributed by atoms with Crippen molar-refractivity contribution in [2.75, 3.05) is 12.0 Å². The van der Waals surface area contributed by atoms with E-state index in [0.29, 0.717) is 0 Å². The Labute approximate surface area is 70.9 Å². The highest BCUT2D eigenvalue weighted by atomic mass is 35.5. The van der Waals surface area contributed by atoms with Gasteiger partial charge in [-0.05, 0) is 0 Å². The van der Waals surface area contributed by atoms with Crippen LogP contribution in [0.5, 0.6) is 0 Å². The van der Waals surface area contributed by atoms with Crippen LogP contribution >= 0.6 is 12.4 Å². The number of nitrogens with two attached hydrogens (primary N) is 1. The van der Waals surface area contributed by atoms with Crippen molar-refractivity contribution in [3.63, 3.8) is 0 Å². The molecule has 0 aromatic rings. The highest BCUT2D eigenvalue weighted by Crippen LogP contribution is 1.87. The quantitative estimate of drug-likeness (QED) is 0.605. The fourth-order valence-electron chi connectivity index (χ4n) is 0.397. The van der Waals surface area contributed by atoms with E-state index >= 15 is 0 Å². The first-order valence-corrected chi connectivity index (χ1v) is 4.55. The minimum atomic E-state index is -3.27. The van der Waals surface area contributed by atoms with Crippen LogP contribution in [0.1, 0.15) is 0 Å². The van der Waals surface area contributed by atoms with Crippen molar-refractivity contribution in [2.45, 2.75) is 6.04 Å². The second kappa shape index (κ2) is 4.53. The summed E-state index contributed by atoms with van der Waals surface area (Å²) >= 11 is 0. The molecule has 68 valence electrons. The second-order valence-corrected chi connectivity index (χ2v) is 4.22. The number of carboxylic acid groups (broad SMARTS) is 1. The molecule has 7 heteroatoms. The van der Waals surface area contributed by atoms with Crippen molar-refractivity contribution in [2.24, 2.45) is 5.73 Å². The van der Waals surface area contributed by atoms with E-state index in [-0.39, 0.29) is 12.4 Å². The number of carbonyl (C=O) groups is 1. The molecule has 3 N–H and O–H groups in total. The second-order valence-electron chi connectivity index (χ2n) is 2.04. The Balaban J connectivity index is 0. The maximum atomic E-state index is 10.4. The average Bonchev–Trinajstić information content (AvgIpc) is 1.60. The van der Waals surface area contributed by atoms with Crippen LogP contribution in [-0.2, 0) is 14.6 Å². The first-order chi connectivity index (χ1) is 4.33. The summed E-state index contributed by atoms with van der Waals surface area (Å²) in [5, 5.41) is 8.16. The molecule has 0 heterocycles. The van der Waals surface area contributed by atoms with Gasteiger partial charge in [-0.15, -0.1) is 12.4 Å². The minimum Gasteiger partial charge on any atom is -0.480 e. The molecule has 0 spiro atoms. The molecule has 0 aromatic heterocycles. The molecule has 1 atom stereocenters. The molecule has 0 bridgehead atoms. The van der Waals surface area contributed by atoms with Gasteiger partial charge in [0.05, 0.1) is 5.75 Å². The number of rotatable bonds is 3. The molecular formula is C4H10ClNO4S. The SMILES string of the molecule is CS(=O)(=O)C[C@H](N)C(=O)O.Cl. The monoisotopic (exact) mass is 203 g/mol. The highest BCUT2D eigenvalue weighted by Gasteiger charge is 2.16. The third-order valence-electron chi connectivity index (χ3n) is 0.800. The van der Waals surface area contributed by atoms with E-state index in [9.17, 15) is 13.2 Å². The smallest absolute Gasteiger partial charge is 0.321 e. The third kappa shape index (κ3) is 7.57. The molecule has 0 radical (unpaired) electrons. The molecule has 11 heavy (non-hydrogen) atoms. The Bertz CT molecular complexity index is 224. The average molecular weight is 204 g/mol. The molecule has 0 amide bonds. The van der Waals surface area contributed by atoms with Crippen LogP contribution in [0.2, 0.25) is 0 Å². The lowest BCUT2D eigenvalue weighted by Gasteiger charge is -2.02. The molecule has 0 aliphatic heterocycles. The standard InChI is InChI=1S/C4H9NO4S.ClH/c1-10(8,9)2-3(5)4(6)7;/h3H,2,5H2,1H3,(H,6,7);1H/t3-;/m0./s1. The van der Waals surface area contributed by atoms with E-state index in [4.69, 9.17) is 10.8 Å². The van der Waals surface area contributed by atoms with Gasteiger partial charge in [-0.3, -0.25) is 4.79 Å². The lowest BCUT2D eigenvalue weighted by atomic mass is 10.4. The van der Waals surface area contributed by atoms with Crippen molar-refractivity contribution in [3.05, 3.63) is 0 Å². The Morgan fingerprint density at radius 2 is 2.00 bits per heavy atom. The van der Waals surface area contributed by atoms with Crippen molar-refractivity contribution in [3.8, 4) is 0 Å². The summed E-state index contributed by atoms with van der Waals surface area (Å²) in [4.78, 5) is 9.99. The summed E-state index contributed by atoms with van der Waals surface area (Å²) in [6.45, 7) is 0. The topological polar surface area (TPSA) is 97.5 Å². The van der Waals surface area contributed by atoms with Crippen molar-refractivity contribution >= 4 is 28.2 Å². The Kier molecular flexibility index (Phi) is 5.46. The number of sulfone groups is 1. The van der Waals surface area contributed by atoms with E-state index in [1.165, 1.54) is 0 Å². The number of carboxylic acids is 1.